The van der Waals surface area contributed by atoms with Crippen LogP contribution in [0.15, 0.2) is 12.1 Å². The first-order valence-electron chi connectivity index (χ1n) is 2.63. The third-order valence-electron chi connectivity index (χ3n) is 1.03. The fraction of sp³-hybridized carbons (Fsp3) is 0. The number of hydrogen-bond donors (Lipinski definition) is 0. The Hall–Kier alpha value is -0.670. The first kappa shape index (κ1) is 8.43. The molecule has 5 heteroatoms. The number of hydrogen-bond acceptors (Lipinski definition) is 2. The summed E-state index contributed by atoms with van der Waals surface area (Å²) in [6, 6.07) is 2.47. The molecular formula is C6H2Cl2FNO. The minimum atomic E-state index is -0.947. The number of pyridine rings is 1. The lowest BCUT2D eigenvalue weighted by Gasteiger charge is -1.94. The molecule has 58 valence electrons. The highest BCUT2D eigenvalue weighted by Crippen LogP contribution is 2.11. The van der Waals surface area contributed by atoms with Gasteiger partial charge in [-0.25, -0.2) is 4.98 Å². The fourth-order valence-electron chi connectivity index (χ4n) is 0.559. The second kappa shape index (κ2) is 3.15. The van der Waals surface area contributed by atoms with Crippen molar-refractivity contribution in [1.82, 2.24) is 4.98 Å². The van der Waals surface area contributed by atoms with E-state index in [1.54, 1.807) is 0 Å². The van der Waals surface area contributed by atoms with Gasteiger partial charge in [0, 0.05) is 0 Å². The van der Waals surface area contributed by atoms with Crippen molar-refractivity contribution < 1.29 is 9.18 Å². The van der Waals surface area contributed by atoms with Crippen LogP contribution in [0.2, 0.25) is 5.15 Å². The van der Waals surface area contributed by atoms with Crippen molar-refractivity contribution in [3.63, 3.8) is 0 Å². The Kier molecular flexibility index (Phi) is 2.42. The van der Waals surface area contributed by atoms with E-state index >= 15 is 0 Å². The van der Waals surface area contributed by atoms with Crippen molar-refractivity contribution in [2.75, 3.05) is 0 Å². The van der Waals surface area contributed by atoms with E-state index in [2.05, 4.69) is 4.98 Å². The van der Waals surface area contributed by atoms with Crippen LogP contribution in [-0.4, -0.2) is 10.2 Å². The van der Waals surface area contributed by atoms with Gasteiger partial charge in [0.15, 0.2) is 0 Å². The summed E-state index contributed by atoms with van der Waals surface area (Å²) in [5, 5.41) is -0.893. The van der Waals surface area contributed by atoms with Crippen LogP contribution in [-0.2, 0) is 0 Å². The average Bonchev–Trinajstić information content (AvgIpc) is 1.85. The van der Waals surface area contributed by atoms with Crippen LogP contribution in [0.5, 0.6) is 0 Å². The molecule has 1 heterocycles. The number of halogens is 3. The van der Waals surface area contributed by atoms with E-state index in [0.717, 1.165) is 0 Å². The van der Waals surface area contributed by atoms with Gasteiger partial charge in [0.1, 0.15) is 5.15 Å². The molecule has 0 N–H and O–H groups in total. The van der Waals surface area contributed by atoms with Gasteiger partial charge in [0.25, 0.3) is 5.24 Å². The van der Waals surface area contributed by atoms with Crippen LogP contribution in [0.1, 0.15) is 10.4 Å². The van der Waals surface area contributed by atoms with Gasteiger partial charge < -0.3 is 0 Å². The van der Waals surface area contributed by atoms with Gasteiger partial charge in [0.05, 0.1) is 5.56 Å². The van der Waals surface area contributed by atoms with Gasteiger partial charge in [-0.15, -0.1) is 0 Å². The molecule has 0 amide bonds. The standard InChI is InChI=1S/C6H2Cl2FNO/c7-4-2-1-3(5(8)11)6(9)10-4/h1-2H. The van der Waals surface area contributed by atoms with Crippen molar-refractivity contribution in [3.05, 3.63) is 28.8 Å². The van der Waals surface area contributed by atoms with Crippen molar-refractivity contribution >= 4 is 28.4 Å². The fourth-order valence-corrected chi connectivity index (χ4v) is 0.837. The van der Waals surface area contributed by atoms with Crippen LogP contribution in [0, 0.1) is 5.95 Å². The largest absolute Gasteiger partial charge is 0.275 e. The summed E-state index contributed by atoms with van der Waals surface area (Å²) >= 11 is 10.3. The number of rotatable bonds is 1. The Labute approximate surface area is 71.9 Å². The molecule has 0 aliphatic heterocycles. The SMILES string of the molecule is O=C(Cl)c1ccc(Cl)nc1F. The van der Waals surface area contributed by atoms with E-state index in [1.165, 1.54) is 12.1 Å². The van der Waals surface area contributed by atoms with E-state index in [-0.39, 0.29) is 10.7 Å². The van der Waals surface area contributed by atoms with Crippen LogP contribution < -0.4 is 0 Å². The summed E-state index contributed by atoms with van der Waals surface area (Å²) in [5.74, 6) is -0.947. The van der Waals surface area contributed by atoms with E-state index < -0.39 is 11.2 Å². The lowest BCUT2D eigenvalue weighted by Crippen LogP contribution is -1.96. The normalized spacial score (nSPS) is 9.73. The molecule has 11 heavy (non-hydrogen) atoms. The zero-order chi connectivity index (χ0) is 8.43. The maximum atomic E-state index is 12.6. The molecule has 0 bridgehead atoms. The molecule has 1 aromatic heterocycles. The second-order valence-corrected chi connectivity index (χ2v) is 2.48. The molecule has 0 aromatic carbocycles. The van der Waals surface area contributed by atoms with E-state index in [9.17, 15) is 9.18 Å². The second-order valence-electron chi connectivity index (χ2n) is 1.75. The number of carbonyl (C=O) groups is 1. The smallest absolute Gasteiger partial charge is 0.257 e. The number of carbonyl (C=O) groups excluding carboxylic acids is 1. The van der Waals surface area contributed by atoms with Crippen molar-refractivity contribution in [2.24, 2.45) is 0 Å². The van der Waals surface area contributed by atoms with E-state index in [0.29, 0.717) is 0 Å². The third-order valence-corrected chi connectivity index (χ3v) is 1.44. The topological polar surface area (TPSA) is 30.0 Å². The quantitative estimate of drug-likeness (QED) is 0.506. The van der Waals surface area contributed by atoms with Gasteiger partial charge >= 0.3 is 0 Å². The summed E-state index contributed by atoms with van der Waals surface area (Å²) in [4.78, 5) is 13.6. The van der Waals surface area contributed by atoms with Crippen molar-refractivity contribution in [2.45, 2.75) is 0 Å². The predicted octanol–water partition coefficient (Wildman–Crippen LogP) is 2.25. The van der Waals surface area contributed by atoms with E-state index in [1.807, 2.05) is 0 Å². The van der Waals surface area contributed by atoms with E-state index in [4.69, 9.17) is 23.2 Å². The van der Waals surface area contributed by atoms with Gasteiger partial charge in [-0.3, -0.25) is 4.79 Å². The Morgan fingerprint density at radius 1 is 1.55 bits per heavy atom. The third kappa shape index (κ3) is 1.88. The average molecular weight is 194 g/mol. The molecule has 0 aliphatic rings. The Morgan fingerprint density at radius 3 is 2.64 bits per heavy atom. The van der Waals surface area contributed by atoms with Crippen molar-refractivity contribution in [3.8, 4) is 0 Å². The minimum Gasteiger partial charge on any atom is -0.275 e. The zero-order valence-corrected chi connectivity index (χ0v) is 6.66. The first-order valence-corrected chi connectivity index (χ1v) is 3.38. The zero-order valence-electron chi connectivity index (χ0n) is 5.14. The molecule has 0 aliphatic carbocycles. The summed E-state index contributed by atoms with van der Waals surface area (Å²) in [7, 11) is 0. The molecular weight excluding hydrogens is 192 g/mol. The van der Waals surface area contributed by atoms with Crippen LogP contribution in [0.3, 0.4) is 0 Å². The summed E-state index contributed by atoms with van der Waals surface area (Å²) in [6.07, 6.45) is 0. The molecule has 0 saturated carbocycles. The Balaban J connectivity index is 3.20. The minimum absolute atomic E-state index is 0.0100. The van der Waals surface area contributed by atoms with Gasteiger partial charge in [-0.1, -0.05) is 11.6 Å². The van der Waals surface area contributed by atoms with Crippen LogP contribution in [0.4, 0.5) is 4.39 Å². The van der Waals surface area contributed by atoms with Crippen molar-refractivity contribution in [1.29, 1.82) is 0 Å². The summed E-state index contributed by atoms with van der Waals surface area (Å²) in [6.45, 7) is 0. The lowest BCUT2D eigenvalue weighted by molar-refractivity contribution is 0.107. The highest BCUT2D eigenvalue weighted by atomic mass is 35.5. The molecule has 0 spiro atoms. The molecule has 0 unspecified atom stereocenters. The summed E-state index contributed by atoms with van der Waals surface area (Å²) < 4.78 is 12.6. The maximum Gasteiger partial charge on any atom is 0.257 e. The monoisotopic (exact) mass is 193 g/mol. The van der Waals surface area contributed by atoms with Gasteiger partial charge in [-0.05, 0) is 23.7 Å². The summed E-state index contributed by atoms with van der Waals surface area (Å²) in [5.41, 5.74) is -0.268. The predicted molar refractivity (Wildman–Crippen MR) is 39.4 cm³/mol. The van der Waals surface area contributed by atoms with Gasteiger partial charge in [0.2, 0.25) is 5.95 Å². The van der Waals surface area contributed by atoms with Gasteiger partial charge in [-0.2, -0.15) is 4.39 Å². The highest BCUT2D eigenvalue weighted by molar-refractivity contribution is 6.67. The molecule has 0 fully saturated rings. The first-order chi connectivity index (χ1) is 5.11. The molecule has 1 aromatic rings. The van der Waals surface area contributed by atoms with Crippen LogP contribution in [0.25, 0.3) is 0 Å². The molecule has 0 saturated heterocycles. The number of nitrogens with zero attached hydrogens (tertiary/aromatic N) is 1. The Bertz CT molecular complexity index is 303. The lowest BCUT2D eigenvalue weighted by atomic mass is 10.3. The Morgan fingerprint density at radius 2 is 2.18 bits per heavy atom. The molecule has 0 atom stereocenters. The molecule has 1 rings (SSSR count). The van der Waals surface area contributed by atoms with Crippen LogP contribution >= 0.6 is 23.2 Å². The molecule has 2 nitrogen and oxygen atoms in total. The number of aromatic nitrogens is 1. The maximum absolute atomic E-state index is 12.6. The molecule has 0 radical (unpaired) electrons. The highest BCUT2D eigenvalue weighted by Gasteiger charge is 2.09.